The number of likely N-dealkylation sites (N-methyl/N-ethyl adjacent to an activating group) is 1. The number of thiophene rings is 1. The molecule has 2 heterocycles. The lowest BCUT2D eigenvalue weighted by Crippen LogP contribution is -2.09. The first-order valence-electron chi connectivity index (χ1n) is 4.52. The lowest BCUT2D eigenvalue weighted by Gasteiger charge is -1.91. The lowest BCUT2D eigenvalue weighted by atomic mass is 10.4. The molecule has 0 bridgehead atoms. The molecule has 0 aliphatic heterocycles. The van der Waals surface area contributed by atoms with Crippen molar-refractivity contribution in [1.29, 1.82) is 0 Å². The van der Waals surface area contributed by atoms with E-state index >= 15 is 0 Å². The summed E-state index contributed by atoms with van der Waals surface area (Å²) in [6.45, 7) is 0.947. The fourth-order valence-electron chi connectivity index (χ4n) is 1.12. The number of hydrogen-bond donors (Lipinski definition) is 1. The first-order chi connectivity index (χ1) is 7.29. The van der Waals surface area contributed by atoms with E-state index in [1.54, 1.807) is 22.7 Å². The van der Waals surface area contributed by atoms with Crippen LogP contribution in [0.4, 0.5) is 0 Å². The number of nitrogens with one attached hydrogen (secondary N) is 1. The van der Waals surface area contributed by atoms with Crippen molar-refractivity contribution >= 4 is 38.6 Å². The summed E-state index contributed by atoms with van der Waals surface area (Å²) in [5, 5.41) is 13.5. The van der Waals surface area contributed by atoms with E-state index in [0.29, 0.717) is 0 Å². The first-order valence-corrected chi connectivity index (χ1v) is 6.95. The summed E-state index contributed by atoms with van der Waals surface area (Å²) in [5.41, 5.74) is 0. The van der Waals surface area contributed by atoms with E-state index in [1.807, 2.05) is 13.1 Å². The Morgan fingerprint density at radius 1 is 1.33 bits per heavy atom. The van der Waals surface area contributed by atoms with Gasteiger partial charge in [-0.3, -0.25) is 0 Å². The van der Waals surface area contributed by atoms with Crippen molar-refractivity contribution in [3.63, 3.8) is 0 Å². The van der Waals surface area contributed by atoms with Crippen LogP contribution in [0.25, 0.3) is 9.88 Å². The van der Waals surface area contributed by atoms with Gasteiger partial charge >= 0.3 is 0 Å². The standard InChI is InChI=1S/C9H10BrN3S2/c1-11-5-4-8-12-13-9(15-8)6-2-3-7(10)14-6/h2-3,11H,4-5H2,1H3. The minimum Gasteiger partial charge on any atom is -0.319 e. The molecule has 6 heteroatoms. The summed E-state index contributed by atoms with van der Waals surface area (Å²) in [6, 6.07) is 4.10. The maximum Gasteiger partial charge on any atom is 0.157 e. The van der Waals surface area contributed by atoms with Crippen LogP contribution >= 0.6 is 38.6 Å². The Bertz CT molecular complexity index is 438. The van der Waals surface area contributed by atoms with Crippen molar-refractivity contribution in [2.24, 2.45) is 0 Å². The third kappa shape index (κ3) is 2.84. The second kappa shape index (κ2) is 5.16. The molecule has 3 nitrogen and oxygen atoms in total. The highest BCUT2D eigenvalue weighted by molar-refractivity contribution is 9.11. The maximum absolute atomic E-state index is 4.18. The highest BCUT2D eigenvalue weighted by atomic mass is 79.9. The van der Waals surface area contributed by atoms with E-state index in [9.17, 15) is 0 Å². The minimum absolute atomic E-state index is 0.945. The van der Waals surface area contributed by atoms with Crippen molar-refractivity contribution < 1.29 is 0 Å². The number of rotatable bonds is 4. The van der Waals surface area contributed by atoms with Crippen molar-refractivity contribution in [1.82, 2.24) is 15.5 Å². The van der Waals surface area contributed by atoms with E-state index in [-0.39, 0.29) is 0 Å². The van der Waals surface area contributed by atoms with Crippen LogP contribution in [0.15, 0.2) is 15.9 Å². The summed E-state index contributed by atoms with van der Waals surface area (Å²) in [5.74, 6) is 0. The zero-order chi connectivity index (χ0) is 10.7. The molecule has 0 saturated heterocycles. The molecule has 0 aliphatic rings. The van der Waals surface area contributed by atoms with Crippen LogP contribution in [0.3, 0.4) is 0 Å². The molecule has 0 radical (unpaired) electrons. The molecule has 0 saturated carbocycles. The highest BCUT2D eigenvalue weighted by Crippen LogP contribution is 2.32. The topological polar surface area (TPSA) is 37.8 Å². The summed E-state index contributed by atoms with van der Waals surface area (Å²) in [6.07, 6.45) is 0.945. The molecule has 2 aromatic rings. The molecular weight excluding hydrogens is 294 g/mol. The van der Waals surface area contributed by atoms with E-state index in [1.165, 1.54) is 4.88 Å². The van der Waals surface area contributed by atoms with Gasteiger partial charge in [-0.15, -0.1) is 21.5 Å². The van der Waals surface area contributed by atoms with Crippen molar-refractivity contribution in [2.75, 3.05) is 13.6 Å². The van der Waals surface area contributed by atoms with Gasteiger partial charge in [0.25, 0.3) is 0 Å². The molecule has 0 unspecified atom stereocenters. The van der Waals surface area contributed by atoms with Crippen LogP contribution in [0.2, 0.25) is 0 Å². The van der Waals surface area contributed by atoms with Crippen LogP contribution in [0.5, 0.6) is 0 Å². The summed E-state index contributed by atoms with van der Waals surface area (Å²) in [7, 11) is 1.94. The van der Waals surface area contributed by atoms with Crippen LogP contribution in [-0.2, 0) is 6.42 Å². The zero-order valence-electron chi connectivity index (χ0n) is 8.16. The molecule has 0 amide bonds. The maximum atomic E-state index is 4.18. The Balaban J connectivity index is 2.13. The van der Waals surface area contributed by atoms with Gasteiger partial charge in [-0.05, 0) is 35.1 Å². The Morgan fingerprint density at radius 2 is 2.20 bits per heavy atom. The molecule has 15 heavy (non-hydrogen) atoms. The van der Waals surface area contributed by atoms with Gasteiger partial charge in [0.05, 0.1) is 8.66 Å². The zero-order valence-corrected chi connectivity index (χ0v) is 11.4. The summed E-state index contributed by atoms with van der Waals surface area (Å²) in [4.78, 5) is 1.18. The predicted molar refractivity (Wildman–Crippen MR) is 68.6 cm³/mol. The Labute approximate surface area is 105 Å². The van der Waals surface area contributed by atoms with Gasteiger partial charge in [-0.1, -0.05) is 11.3 Å². The van der Waals surface area contributed by atoms with Crippen molar-refractivity contribution in [2.45, 2.75) is 6.42 Å². The normalized spacial score (nSPS) is 10.8. The van der Waals surface area contributed by atoms with Gasteiger partial charge in [0.2, 0.25) is 0 Å². The Morgan fingerprint density at radius 3 is 2.87 bits per heavy atom. The van der Waals surface area contributed by atoms with E-state index in [4.69, 9.17) is 0 Å². The molecule has 0 fully saturated rings. The van der Waals surface area contributed by atoms with Gasteiger partial charge in [0, 0.05) is 13.0 Å². The smallest absolute Gasteiger partial charge is 0.157 e. The van der Waals surface area contributed by atoms with Gasteiger partial charge in [-0.2, -0.15) is 0 Å². The monoisotopic (exact) mass is 303 g/mol. The van der Waals surface area contributed by atoms with Gasteiger partial charge in [0.1, 0.15) is 5.01 Å². The lowest BCUT2D eigenvalue weighted by molar-refractivity contribution is 0.779. The Kier molecular flexibility index (Phi) is 3.85. The van der Waals surface area contributed by atoms with Gasteiger partial charge < -0.3 is 5.32 Å². The number of hydrogen-bond acceptors (Lipinski definition) is 5. The fraction of sp³-hybridized carbons (Fsp3) is 0.333. The first kappa shape index (κ1) is 11.2. The molecule has 2 rings (SSSR count). The van der Waals surface area contributed by atoms with Gasteiger partial charge in [0.15, 0.2) is 5.01 Å². The van der Waals surface area contributed by atoms with E-state index < -0.39 is 0 Å². The van der Waals surface area contributed by atoms with Crippen LogP contribution < -0.4 is 5.32 Å². The third-order valence-corrected chi connectivity index (χ3v) is 4.62. The summed E-state index contributed by atoms with van der Waals surface area (Å²) < 4.78 is 1.13. The molecule has 80 valence electrons. The fourth-order valence-corrected chi connectivity index (χ4v) is 3.39. The SMILES string of the molecule is CNCCc1nnc(-c2ccc(Br)s2)s1. The number of nitrogens with zero attached hydrogens (tertiary/aromatic N) is 2. The van der Waals surface area contributed by atoms with Crippen molar-refractivity contribution in [3.05, 3.63) is 20.9 Å². The quantitative estimate of drug-likeness (QED) is 0.944. The van der Waals surface area contributed by atoms with E-state index in [2.05, 4.69) is 37.5 Å². The molecule has 1 N–H and O–H groups in total. The second-order valence-corrected chi connectivity index (χ2v) is 6.48. The predicted octanol–water partition coefficient (Wildman–Crippen LogP) is 2.79. The van der Waals surface area contributed by atoms with Crippen LogP contribution in [0.1, 0.15) is 5.01 Å². The van der Waals surface area contributed by atoms with Crippen molar-refractivity contribution in [3.8, 4) is 9.88 Å². The average Bonchev–Trinajstić information content (AvgIpc) is 2.83. The molecule has 0 spiro atoms. The largest absolute Gasteiger partial charge is 0.319 e. The highest BCUT2D eigenvalue weighted by Gasteiger charge is 2.08. The number of aromatic nitrogens is 2. The minimum atomic E-state index is 0.945. The number of halogens is 1. The average molecular weight is 304 g/mol. The van der Waals surface area contributed by atoms with E-state index in [0.717, 1.165) is 26.8 Å². The van der Waals surface area contributed by atoms with Crippen LogP contribution in [-0.4, -0.2) is 23.8 Å². The van der Waals surface area contributed by atoms with Crippen LogP contribution in [0, 0.1) is 0 Å². The molecule has 0 atom stereocenters. The molecule has 0 aromatic carbocycles. The second-order valence-electron chi connectivity index (χ2n) is 2.96. The van der Waals surface area contributed by atoms with Gasteiger partial charge in [-0.25, -0.2) is 0 Å². The molecule has 2 aromatic heterocycles. The molecule has 0 aliphatic carbocycles. The third-order valence-electron chi connectivity index (χ3n) is 1.84. The molecular formula is C9H10BrN3S2. The Hall–Kier alpha value is -0.300. The summed E-state index contributed by atoms with van der Waals surface area (Å²) >= 11 is 6.80.